The Labute approximate surface area is 141 Å². The number of aromatic nitrogens is 2. The van der Waals surface area contributed by atoms with Gasteiger partial charge >= 0.3 is 0 Å². The van der Waals surface area contributed by atoms with Crippen LogP contribution in [0.1, 0.15) is 44.9 Å². The van der Waals surface area contributed by atoms with Crippen molar-refractivity contribution in [2.45, 2.75) is 57.9 Å². The predicted octanol–water partition coefficient (Wildman–Crippen LogP) is 4.23. The first kappa shape index (κ1) is 18.9. The minimum absolute atomic E-state index is 0.0422. The average molecular weight is 369 g/mol. The average Bonchev–Trinajstić information content (AvgIpc) is 3.02. The van der Waals surface area contributed by atoms with E-state index in [1.807, 2.05) is 13.8 Å². The maximum Gasteiger partial charge on any atom is 0.282 e. The molecule has 1 aliphatic heterocycles. The van der Waals surface area contributed by atoms with Crippen molar-refractivity contribution in [3.63, 3.8) is 0 Å². The number of thioether (sulfide) groups is 1. The number of halogens is 4. The second-order valence-electron chi connectivity index (χ2n) is 5.79. The molecule has 0 spiro atoms. The van der Waals surface area contributed by atoms with E-state index in [9.17, 15) is 17.6 Å². The fourth-order valence-electron chi connectivity index (χ4n) is 2.17. The lowest BCUT2D eigenvalue weighted by atomic mass is 10.1. The highest BCUT2D eigenvalue weighted by atomic mass is 32.2. The largest absolute Gasteiger partial charge is 0.472 e. The lowest BCUT2D eigenvalue weighted by molar-refractivity contribution is 0.0123. The number of hydrogen-bond donors (Lipinski definition) is 0. The summed E-state index contributed by atoms with van der Waals surface area (Å²) in [4.78, 5) is 5.22. The van der Waals surface area contributed by atoms with Crippen LogP contribution in [0.4, 0.5) is 17.6 Å². The molecule has 0 radical (unpaired) electrons. The molecule has 1 aromatic rings. The Morgan fingerprint density at radius 1 is 1.33 bits per heavy atom. The molecule has 0 atom stereocenters. The zero-order valence-corrected chi connectivity index (χ0v) is 14.4. The highest BCUT2D eigenvalue weighted by molar-refractivity contribution is 8.13. The molecule has 136 valence electrons. The monoisotopic (exact) mass is 369 g/mol. The minimum Gasteiger partial charge on any atom is -0.472 e. The van der Waals surface area contributed by atoms with E-state index in [-0.39, 0.29) is 23.7 Å². The van der Waals surface area contributed by atoms with Gasteiger partial charge in [0, 0.05) is 18.7 Å². The summed E-state index contributed by atoms with van der Waals surface area (Å²) < 4.78 is 57.5. The smallest absolute Gasteiger partial charge is 0.282 e. The van der Waals surface area contributed by atoms with Crippen LogP contribution >= 0.6 is 11.8 Å². The summed E-state index contributed by atoms with van der Waals surface area (Å²) in [5.74, 6) is 0.0515. The summed E-state index contributed by atoms with van der Waals surface area (Å²) in [5.41, 5.74) is -0.770. The molecular weight excluding hydrogens is 350 g/mol. The van der Waals surface area contributed by atoms with Gasteiger partial charge in [0.05, 0.1) is 5.56 Å². The number of ether oxygens (including phenoxy) is 1. The van der Waals surface area contributed by atoms with Crippen LogP contribution < -0.4 is 4.74 Å². The zero-order valence-electron chi connectivity index (χ0n) is 13.6. The van der Waals surface area contributed by atoms with E-state index in [2.05, 4.69) is 10.3 Å². The maximum atomic E-state index is 13.2. The SMILES string of the molecule is CCn1nc(C(F)F)c(CSC2=NOC(C)(C)C2)c1OCC(F)F. The predicted molar refractivity (Wildman–Crippen MR) is 82.9 cm³/mol. The summed E-state index contributed by atoms with van der Waals surface area (Å²) in [7, 11) is 0. The standard InChI is InChI=1S/C14H19F4N3O2S/c1-4-21-13(22-6-9(15)16)8(11(19-21)12(17)18)7-24-10-5-14(2,3)23-20-10/h9,12H,4-7H2,1-3H3. The zero-order chi connectivity index (χ0) is 17.9. The Hall–Kier alpha value is -1.45. The van der Waals surface area contributed by atoms with Crippen LogP contribution in [0, 0.1) is 0 Å². The third-order valence-corrected chi connectivity index (χ3v) is 4.22. The van der Waals surface area contributed by atoms with Gasteiger partial charge in [-0.25, -0.2) is 22.2 Å². The van der Waals surface area contributed by atoms with Crippen LogP contribution in [0.3, 0.4) is 0 Å². The Balaban J connectivity index is 2.20. The van der Waals surface area contributed by atoms with E-state index in [4.69, 9.17) is 9.57 Å². The summed E-state index contributed by atoms with van der Waals surface area (Å²) >= 11 is 1.21. The Morgan fingerprint density at radius 3 is 2.54 bits per heavy atom. The molecule has 0 fully saturated rings. The minimum atomic E-state index is -2.82. The molecule has 0 saturated heterocycles. The quantitative estimate of drug-likeness (QED) is 0.675. The fourth-order valence-corrected chi connectivity index (χ4v) is 3.29. The number of rotatable bonds is 7. The molecule has 0 saturated carbocycles. The molecule has 0 unspecified atom stereocenters. The van der Waals surface area contributed by atoms with Crippen molar-refractivity contribution in [3.05, 3.63) is 11.3 Å². The molecule has 2 rings (SSSR count). The second kappa shape index (κ2) is 7.62. The van der Waals surface area contributed by atoms with Crippen molar-refractivity contribution in [2.75, 3.05) is 6.61 Å². The van der Waals surface area contributed by atoms with Gasteiger partial charge in [0.25, 0.3) is 12.9 Å². The summed E-state index contributed by atoms with van der Waals surface area (Å²) in [5, 5.41) is 8.36. The molecule has 1 aromatic heterocycles. The van der Waals surface area contributed by atoms with Crippen molar-refractivity contribution in [1.29, 1.82) is 0 Å². The van der Waals surface area contributed by atoms with Crippen molar-refractivity contribution < 1.29 is 27.1 Å². The van der Waals surface area contributed by atoms with E-state index in [1.165, 1.54) is 16.4 Å². The molecule has 10 heteroatoms. The van der Waals surface area contributed by atoms with Gasteiger partial charge in [-0.05, 0) is 20.8 Å². The lowest BCUT2D eigenvalue weighted by Gasteiger charge is -2.13. The molecule has 0 bridgehead atoms. The van der Waals surface area contributed by atoms with Crippen molar-refractivity contribution >= 4 is 16.8 Å². The van der Waals surface area contributed by atoms with Gasteiger partial charge in [0.2, 0.25) is 5.88 Å². The third-order valence-electron chi connectivity index (χ3n) is 3.24. The number of alkyl halides is 4. The summed E-state index contributed by atoms with van der Waals surface area (Å²) in [6, 6.07) is 0. The fraction of sp³-hybridized carbons (Fsp3) is 0.714. The number of oxime groups is 1. The van der Waals surface area contributed by atoms with Crippen molar-refractivity contribution in [2.24, 2.45) is 5.16 Å². The van der Waals surface area contributed by atoms with E-state index in [1.54, 1.807) is 6.92 Å². The Kier molecular flexibility index (Phi) is 6.00. The van der Waals surface area contributed by atoms with Crippen molar-refractivity contribution in [1.82, 2.24) is 9.78 Å². The van der Waals surface area contributed by atoms with Crippen molar-refractivity contribution in [3.8, 4) is 5.88 Å². The molecule has 0 aliphatic carbocycles. The van der Waals surface area contributed by atoms with E-state index in [0.717, 1.165) is 0 Å². The van der Waals surface area contributed by atoms with Crippen LogP contribution in [0.15, 0.2) is 5.16 Å². The van der Waals surface area contributed by atoms with Gasteiger partial charge in [-0.15, -0.1) is 11.8 Å². The second-order valence-corrected chi connectivity index (χ2v) is 6.84. The summed E-state index contributed by atoms with van der Waals surface area (Å²) in [6.07, 6.45) is -4.97. The van der Waals surface area contributed by atoms with Crippen LogP contribution in [0.2, 0.25) is 0 Å². The first-order chi connectivity index (χ1) is 11.2. The molecule has 5 nitrogen and oxygen atoms in total. The van der Waals surface area contributed by atoms with E-state index in [0.29, 0.717) is 11.5 Å². The van der Waals surface area contributed by atoms with Crippen LogP contribution in [0.5, 0.6) is 5.88 Å². The molecule has 0 N–H and O–H groups in total. The van der Waals surface area contributed by atoms with E-state index >= 15 is 0 Å². The third kappa shape index (κ3) is 4.55. The molecular formula is C14H19F4N3O2S. The van der Waals surface area contributed by atoms with Gasteiger partial charge in [0.15, 0.2) is 6.61 Å². The summed E-state index contributed by atoms with van der Waals surface area (Å²) in [6.45, 7) is 4.76. The van der Waals surface area contributed by atoms with Gasteiger partial charge in [-0.1, -0.05) is 5.16 Å². The van der Waals surface area contributed by atoms with Crippen LogP contribution in [-0.2, 0) is 17.1 Å². The number of aryl methyl sites for hydroxylation is 1. The highest BCUT2D eigenvalue weighted by Crippen LogP contribution is 2.36. The van der Waals surface area contributed by atoms with E-state index < -0.39 is 30.8 Å². The number of nitrogens with zero attached hydrogens (tertiary/aromatic N) is 3. The lowest BCUT2D eigenvalue weighted by Crippen LogP contribution is -2.18. The van der Waals surface area contributed by atoms with Gasteiger partial charge in [0.1, 0.15) is 16.3 Å². The molecule has 2 heterocycles. The Bertz CT molecular complexity index is 605. The maximum absolute atomic E-state index is 13.2. The molecule has 0 aromatic carbocycles. The highest BCUT2D eigenvalue weighted by Gasteiger charge is 2.31. The molecule has 0 amide bonds. The topological polar surface area (TPSA) is 48.6 Å². The molecule has 24 heavy (non-hydrogen) atoms. The Morgan fingerprint density at radius 2 is 2.04 bits per heavy atom. The van der Waals surface area contributed by atoms with Gasteiger partial charge < -0.3 is 9.57 Å². The van der Waals surface area contributed by atoms with Gasteiger partial charge in [-0.2, -0.15) is 5.10 Å². The van der Waals surface area contributed by atoms with Crippen LogP contribution in [0.25, 0.3) is 0 Å². The van der Waals surface area contributed by atoms with Gasteiger partial charge in [-0.3, -0.25) is 0 Å². The van der Waals surface area contributed by atoms with Crippen LogP contribution in [-0.4, -0.2) is 33.5 Å². The first-order valence-electron chi connectivity index (χ1n) is 7.40. The first-order valence-corrected chi connectivity index (χ1v) is 8.38. The molecule has 1 aliphatic rings. The number of hydrogen-bond acceptors (Lipinski definition) is 5. The normalized spacial score (nSPS) is 16.6.